The fourth-order valence-corrected chi connectivity index (χ4v) is 3.16. The van der Waals surface area contributed by atoms with Crippen LogP contribution in [0, 0.1) is 11.6 Å². The van der Waals surface area contributed by atoms with Crippen LogP contribution < -0.4 is 11.1 Å². The molecule has 0 saturated carbocycles. The van der Waals surface area contributed by atoms with Crippen LogP contribution in [0.25, 0.3) is 11.3 Å². The van der Waals surface area contributed by atoms with Crippen molar-refractivity contribution >= 4 is 17.4 Å². The summed E-state index contributed by atoms with van der Waals surface area (Å²) in [5.74, 6) is -8.42. The van der Waals surface area contributed by atoms with Gasteiger partial charge in [-0.2, -0.15) is 0 Å². The van der Waals surface area contributed by atoms with Crippen molar-refractivity contribution in [1.29, 1.82) is 0 Å². The third-order valence-corrected chi connectivity index (χ3v) is 4.74. The summed E-state index contributed by atoms with van der Waals surface area (Å²) in [6.07, 6.45) is -3.46. The zero-order valence-corrected chi connectivity index (χ0v) is 17.7. The van der Waals surface area contributed by atoms with E-state index in [0.717, 1.165) is 24.5 Å². The highest BCUT2D eigenvalue weighted by molar-refractivity contribution is 6.44. The van der Waals surface area contributed by atoms with Gasteiger partial charge in [-0.15, -0.1) is 0 Å². The molecule has 1 aromatic carbocycles. The maximum Gasteiger partial charge on any atom is 0.296 e. The second-order valence-corrected chi connectivity index (χ2v) is 7.37. The number of nitrogens with zero attached hydrogens (tertiary/aromatic N) is 2. The van der Waals surface area contributed by atoms with E-state index in [0.29, 0.717) is 6.08 Å². The number of amides is 1. The van der Waals surface area contributed by atoms with Gasteiger partial charge in [-0.1, -0.05) is 0 Å². The zero-order valence-electron chi connectivity index (χ0n) is 17.7. The minimum absolute atomic E-state index is 0.166. The van der Waals surface area contributed by atoms with E-state index >= 15 is 0 Å². The standard InChI is InChI=1S/C21H18F6N4O4/c22-10-1-2-12(23)11(5-10)17-19(31-20(33)13(32)6-16(28)34-7-15(24)25)18(30-9-29-17)14-3-4-21(26,27)8-35-14/h1-2,5-6,9,14-15H,3-4,7-8,28H2,(H,31,33)/b16-6+. The Hall–Kier alpha value is -3.68. The summed E-state index contributed by atoms with van der Waals surface area (Å²) in [7, 11) is 0. The zero-order chi connectivity index (χ0) is 25.8. The SMILES string of the molecule is N/C(=C\C(=O)C(=O)Nc1c(-c2cc(F)ccc2F)ncnc1C1CCC(F)(F)CO1)OCC(F)F. The molecule has 188 valence electrons. The van der Waals surface area contributed by atoms with Gasteiger partial charge in [0, 0.05) is 12.0 Å². The Bertz CT molecular complexity index is 1130. The minimum atomic E-state index is -3.10. The molecule has 1 atom stereocenters. The number of ketones is 1. The maximum absolute atomic E-state index is 14.5. The van der Waals surface area contributed by atoms with E-state index in [1.54, 1.807) is 0 Å². The Morgan fingerprint density at radius 2 is 2.03 bits per heavy atom. The molecule has 1 aliphatic heterocycles. The molecule has 1 aromatic heterocycles. The summed E-state index contributed by atoms with van der Waals surface area (Å²) in [4.78, 5) is 32.5. The summed E-state index contributed by atoms with van der Waals surface area (Å²) in [6, 6.07) is 2.40. The number of hydrogen-bond donors (Lipinski definition) is 2. The van der Waals surface area contributed by atoms with Crippen molar-refractivity contribution in [1.82, 2.24) is 9.97 Å². The van der Waals surface area contributed by atoms with Crippen LogP contribution in [0.15, 0.2) is 36.5 Å². The van der Waals surface area contributed by atoms with Crippen LogP contribution in [0.1, 0.15) is 24.6 Å². The molecule has 2 heterocycles. The number of anilines is 1. The van der Waals surface area contributed by atoms with Crippen LogP contribution in [0.3, 0.4) is 0 Å². The highest BCUT2D eigenvalue weighted by Crippen LogP contribution is 2.40. The van der Waals surface area contributed by atoms with Crippen LogP contribution in [0.2, 0.25) is 0 Å². The maximum atomic E-state index is 14.5. The fourth-order valence-electron chi connectivity index (χ4n) is 3.16. The van der Waals surface area contributed by atoms with Gasteiger partial charge in [0.25, 0.3) is 18.3 Å². The van der Waals surface area contributed by atoms with Crippen LogP contribution in [-0.2, 0) is 19.1 Å². The first kappa shape index (κ1) is 25.9. The van der Waals surface area contributed by atoms with Gasteiger partial charge in [0.2, 0.25) is 5.78 Å². The molecule has 3 rings (SSSR count). The van der Waals surface area contributed by atoms with E-state index in [-0.39, 0.29) is 17.8 Å². The summed E-state index contributed by atoms with van der Waals surface area (Å²) in [5, 5.41) is 2.14. The Balaban J connectivity index is 1.98. The van der Waals surface area contributed by atoms with Crippen LogP contribution in [0.5, 0.6) is 0 Å². The number of carbonyl (C=O) groups excluding carboxylic acids is 2. The number of aromatic nitrogens is 2. The molecule has 3 N–H and O–H groups in total. The molecule has 1 amide bonds. The summed E-state index contributed by atoms with van der Waals surface area (Å²) in [5.41, 5.74) is 3.93. The number of nitrogens with two attached hydrogens (primary N) is 1. The molecule has 2 aromatic rings. The molecule has 1 aliphatic rings. The quantitative estimate of drug-likeness (QED) is 0.245. The third kappa shape index (κ3) is 6.68. The van der Waals surface area contributed by atoms with Crippen molar-refractivity contribution < 1.29 is 45.4 Å². The molecule has 14 heteroatoms. The molecular formula is C21H18F6N4O4. The van der Waals surface area contributed by atoms with Crippen molar-refractivity contribution in [2.24, 2.45) is 5.73 Å². The first-order chi connectivity index (χ1) is 16.5. The lowest BCUT2D eigenvalue weighted by molar-refractivity contribution is -0.146. The smallest absolute Gasteiger partial charge is 0.296 e. The number of alkyl halides is 4. The average molecular weight is 504 g/mol. The first-order valence-corrected chi connectivity index (χ1v) is 10.00. The van der Waals surface area contributed by atoms with Gasteiger partial charge in [-0.25, -0.2) is 36.3 Å². The van der Waals surface area contributed by atoms with Gasteiger partial charge >= 0.3 is 0 Å². The lowest BCUT2D eigenvalue weighted by atomic mass is 10.00. The van der Waals surface area contributed by atoms with Crippen molar-refractivity contribution in [3.05, 3.63) is 53.8 Å². The lowest BCUT2D eigenvalue weighted by Crippen LogP contribution is -2.32. The number of carbonyl (C=O) groups is 2. The van der Waals surface area contributed by atoms with Gasteiger partial charge in [-0.3, -0.25) is 9.59 Å². The number of ether oxygens (including phenoxy) is 2. The molecule has 0 spiro atoms. The molecule has 0 radical (unpaired) electrons. The second-order valence-electron chi connectivity index (χ2n) is 7.37. The lowest BCUT2D eigenvalue weighted by Gasteiger charge is -2.29. The molecule has 1 saturated heterocycles. The summed E-state index contributed by atoms with van der Waals surface area (Å²) < 4.78 is 89.4. The van der Waals surface area contributed by atoms with Gasteiger partial charge in [0.05, 0.1) is 17.5 Å². The topological polar surface area (TPSA) is 116 Å². The summed E-state index contributed by atoms with van der Waals surface area (Å²) >= 11 is 0. The van der Waals surface area contributed by atoms with E-state index in [2.05, 4.69) is 20.0 Å². The molecule has 0 bridgehead atoms. The number of hydrogen-bond acceptors (Lipinski definition) is 7. The van der Waals surface area contributed by atoms with E-state index in [1.807, 2.05) is 0 Å². The van der Waals surface area contributed by atoms with Crippen molar-refractivity contribution in [3.8, 4) is 11.3 Å². The normalized spacial score (nSPS) is 17.8. The number of benzene rings is 1. The largest absolute Gasteiger partial charge is 0.473 e. The molecule has 0 aliphatic carbocycles. The number of halogens is 6. The van der Waals surface area contributed by atoms with E-state index < -0.39 is 78.5 Å². The molecular weight excluding hydrogens is 486 g/mol. The predicted octanol–water partition coefficient (Wildman–Crippen LogP) is 3.50. The van der Waals surface area contributed by atoms with Gasteiger partial charge in [-0.05, 0) is 24.6 Å². The number of nitrogens with one attached hydrogen (secondary N) is 1. The van der Waals surface area contributed by atoms with Crippen LogP contribution in [-0.4, -0.2) is 47.2 Å². The Morgan fingerprint density at radius 3 is 2.69 bits per heavy atom. The van der Waals surface area contributed by atoms with Crippen LogP contribution >= 0.6 is 0 Å². The van der Waals surface area contributed by atoms with Gasteiger partial charge < -0.3 is 20.5 Å². The first-order valence-electron chi connectivity index (χ1n) is 10.00. The second kappa shape index (κ2) is 10.7. The van der Waals surface area contributed by atoms with Gasteiger partial charge in [0.15, 0.2) is 12.5 Å². The fraction of sp³-hybridized carbons (Fsp3) is 0.333. The molecule has 8 nitrogen and oxygen atoms in total. The Kier molecular flexibility index (Phi) is 7.94. The van der Waals surface area contributed by atoms with E-state index in [4.69, 9.17) is 10.5 Å². The monoisotopic (exact) mass is 504 g/mol. The molecule has 1 unspecified atom stereocenters. The minimum Gasteiger partial charge on any atom is -0.473 e. The van der Waals surface area contributed by atoms with Crippen molar-refractivity contribution in [3.63, 3.8) is 0 Å². The van der Waals surface area contributed by atoms with Crippen molar-refractivity contribution in [2.45, 2.75) is 31.3 Å². The third-order valence-electron chi connectivity index (χ3n) is 4.74. The molecule has 35 heavy (non-hydrogen) atoms. The number of rotatable bonds is 8. The predicted molar refractivity (Wildman–Crippen MR) is 108 cm³/mol. The summed E-state index contributed by atoms with van der Waals surface area (Å²) in [6.45, 7) is -2.08. The van der Waals surface area contributed by atoms with Crippen molar-refractivity contribution in [2.75, 3.05) is 18.5 Å². The van der Waals surface area contributed by atoms with Gasteiger partial charge in [0.1, 0.15) is 36.4 Å². The van der Waals surface area contributed by atoms with Crippen LogP contribution in [0.4, 0.5) is 32.0 Å². The Morgan fingerprint density at radius 1 is 1.29 bits per heavy atom. The highest BCUT2D eigenvalue weighted by atomic mass is 19.3. The highest BCUT2D eigenvalue weighted by Gasteiger charge is 2.38. The van der Waals surface area contributed by atoms with E-state index in [9.17, 15) is 35.9 Å². The average Bonchev–Trinajstić information content (AvgIpc) is 2.79. The molecule has 1 fully saturated rings. The Labute approximate surface area is 194 Å². The van der Waals surface area contributed by atoms with E-state index in [1.165, 1.54) is 0 Å².